The van der Waals surface area contributed by atoms with Gasteiger partial charge in [0.05, 0.1) is 0 Å². The van der Waals surface area contributed by atoms with Crippen LogP contribution in [0.25, 0.3) is 0 Å². The topological polar surface area (TPSA) is 12.5 Å². The summed E-state index contributed by atoms with van der Waals surface area (Å²) >= 11 is 0. The highest BCUT2D eigenvalue weighted by Crippen LogP contribution is 2.55. The van der Waals surface area contributed by atoms with E-state index in [-0.39, 0.29) is 0 Å². The molecule has 0 spiro atoms. The first-order valence-corrected chi connectivity index (χ1v) is 12.8. The van der Waals surface area contributed by atoms with Crippen molar-refractivity contribution in [1.29, 1.82) is 0 Å². The van der Waals surface area contributed by atoms with Gasteiger partial charge in [-0.15, -0.1) is 0 Å². The highest BCUT2D eigenvalue weighted by Gasteiger charge is 2.52. The van der Waals surface area contributed by atoms with Gasteiger partial charge < -0.3 is 9.33 Å². The minimum Gasteiger partial charge on any atom is -0.544 e. The van der Waals surface area contributed by atoms with Gasteiger partial charge in [-0.05, 0) is 88.1 Å². The zero-order valence-electron chi connectivity index (χ0n) is 15.2. The van der Waals surface area contributed by atoms with Crippen molar-refractivity contribution in [2.45, 2.75) is 69.6 Å². The van der Waals surface area contributed by atoms with Gasteiger partial charge in [0.2, 0.25) is 8.32 Å². The van der Waals surface area contributed by atoms with Gasteiger partial charge in [-0.3, -0.25) is 0 Å². The van der Waals surface area contributed by atoms with Crippen molar-refractivity contribution in [1.82, 2.24) is 4.90 Å². The number of hydrogen-bond donors (Lipinski definition) is 0. The van der Waals surface area contributed by atoms with Gasteiger partial charge in [0.15, 0.2) is 0 Å². The highest BCUT2D eigenvalue weighted by atomic mass is 28.4. The number of likely N-dealkylation sites (tertiary alicyclic amines) is 1. The molecule has 1 saturated carbocycles. The van der Waals surface area contributed by atoms with Crippen LogP contribution in [-0.4, -0.2) is 32.9 Å². The van der Waals surface area contributed by atoms with E-state index in [0.717, 1.165) is 17.7 Å². The molecule has 23 heavy (non-hydrogen) atoms. The molecule has 3 aliphatic rings. The third kappa shape index (κ3) is 2.56. The van der Waals surface area contributed by atoms with Gasteiger partial charge in [0.25, 0.3) is 0 Å². The van der Waals surface area contributed by atoms with Crippen molar-refractivity contribution in [3.63, 3.8) is 0 Å². The van der Waals surface area contributed by atoms with Gasteiger partial charge in [-0.1, -0.05) is 18.9 Å². The van der Waals surface area contributed by atoms with Crippen molar-refractivity contribution < 1.29 is 4.43 Å². The van der Waals surface area contributed by atoms with E-state index < -0.39 is 8.32 Å². The Kier molecular flexibility index (Phi) is 3.65. The predicted molar refractivity (Wildman–Crippen MR) is 98.8 cm³/mol. The molecule has 2 bridgehead atoms. The van der Waals surface area contributed by atoms with E-state index in [1.807, 2.05) is 0 Å². The van der Waals surface area contributed by atoms with Crippen molar-refractivity contribution in [2.75, 3.05) is 13.6 Å². The Labute approximate surface area is 142 Å². The summed E-state index contributed by atoms with van der Waals surface area (Å²) in [6.07, 6.45) is 8.26. The van der Waals surface area contributed by atoms with Crippen LogP contribution in [0.15, 0.2) is 18.2 Å². The first-order chi connectivity index (χ1) is 10.9. The van der Waals surface area contributed by atoms with Crippen molar-refractivity contribution in [3.05, 3.63) is 29.3 Å². The van der Waals surface area contributed by atoms with E-state index in [4.69, 9.17) is 4.43 Å². The standard InChI is InChI=1S/C20H31NOSi/c1-21-12-11-20-10-6-5-7-18(20)19(21)14-15-13-16(8-9-17(15)20)22-23(2,3)4/h8-9,13,18-19H,5-7,10-12,14H2,1-4H3. The molecule has 3 unspecified atom stereocenters. The zero-order chi connectivity index (χ0) is 16.2. The fraction of sp³-hybridized carbons (Fsp3) is 0.700. The molecule has 0 aromatic heterocycles. The monoisotopic (exact) mass is 329 g/mol. The number of nitrogens with zero attached hydrogens (tertiary/aromatic N) is 1. The summed E-state index contributed by atoms with van der Waals surface area (Å²) in [5.74, 6) is 1.99. The molecule has 0 radical (unpaired) electrons. The van der Waals surface area contributed by atoms with Crippen LogP contribution in [0.1, 0.15) is 43.2 Å². The minimum absolute atomic E-state index is 0.473. The smallest absolute Gasteiger partial charge is 0.242 e. The predicted octanol–water partition coefficient (Wildman–Crippen LogP) is 4.59. The Hall–Kier alpha value is -0.803. The lowest BCUT2D eigenvalue weighted by molar-refractivity contribution is 0.00282. The first-order valence-electron chi connectivity index (χ1n) is 9.42. The third-order valence-corrected chi connectivity index (χ3v) is 7.35. The third-order valence-electron chi connectivity index (χ3n) is 6.51. The van der Waals surface area contributed by atoms with E-state index >= 15 is 0 Å². The van der Waals surface area contributed by atoms with E-state index in [1.54, 1.807) is 11.1 Å². The number of rotatable bonds is 2. The van der Waals surface area contributed by atoms with E-state index in [2.05, 4.69) is 49.8 Å². The summed E-state index contributed by atoms with van der Waals surface area (Å²) in [7, 11) is 0.812. The molecule has 2 nitrogen and oxygen atoms in total. The maximum atomic E-state index is 6.28. The lowest BCUT2D eigenvalue weighted by Crippen LogP contribution is -2.59. The lowest BCUT2D eigenvalue weighted by atomic mass is 9.52. The normalized spacial score (nSPS) is 33.7. The van der Waals surface area contributed by atoms with Crippen molar-refractivity contribution in [3.8, 4) is 5.75 Å². The molecule has 0 N–H and O–H groups in total. The average molecular weight is 330 g/mol. The molecule has 1 saturated heterocycles. The molecule has 3 heteroatoms. The zero-order valence-corrected chi connectivity index (χ0v) is 16.2. The molecule has 0 amide bonds. The number of piperidine rings is 1. The lowest BCUT2D eigenvalue weighted by Gasteiger charge is -2.58. The largest absolute Gasteiger partial charge is 0.544 e. The Bertz CT molecular complexity index is 608. The Morgan fingerprint density at radius 1 is 1.17 bits per heavy atom. The summed E-state index contributed by atoms with van der Waals surface area (Å²) in [6, 6.07) is 7.83. The van der Waals surface area contributed by atoms with Crippen LogP contribution in [0.3, 0.4) is 0 Å². The van der Waals surface area contributed by atoms with E-state index in [1.165, 1.54) is 45.1 Å². The van der Waals surface area contributed by atoms with Gasteiger partial charge in [-0.2, -0.15) is 0 Å². The average Bonchev–Trinajstić information content (AvgIpc) is 2.49. The molecular weight excluding hydrogens is 298 g/mol. The summed E-state index contributed by atoms with van der Waals surface area (Å²) in [6.45, 7) is 8.08. The molecule has 126 valence electrons. The van der Waals surface area contributed by atoms with Gasteiger partial charge >= 0.3 is 0 Å². The van der Waals surface area contributed by atoms with Crippen LogP contribution in [-0.2, 0) is 11.8 Å². The molecule has 1 aliphatic heterocycles. The Morgan fingerprint density at radius 2 is 2.00 bits per heavy atom. The quantitative estimate of drug-likeness (QED) is 0.736. The Morgan fingerprint density at radius 3 is 2.78 bits per heavy atom. The number of hydrogen-bond acceptors (Lipinski definition) is 2. The summed E-state index contributed by atoms with van der Waals surface area (Å²) in [5, 5.41) is 0. The second-order valence-electron chi connectivity index (χ2n) is 9.04. The first kappa shape index (κ1) is 15.7. The maximum Gasteiger partial charge on any atom is 0.242 e. The van der Waals surface area contributed by atoms with Gasteiger partial charge in [0, 0.05) is 11.5 Å². The second-order valence-corrected chi connectivity index (χ2v) is 13.5. The second kappa shape index (κ2) is 5.35. The molecule has 2 aliphatic carbocycles. The van der Waals surface area contributed by atoms with E-state index in [9.17, 15) is 0 Å². The Balaban J connectivity index is 1.76. The van der Waals surface area contributed by atoms with Crippen molar-refractivity contribution >= 4 is 8.32 Å². The molecule has 1 aromatic rings. The van der Waals surface area contributed by atoms with Crippen LogP contribution < -0.4 is 4.43 Å². The fourth-order valence-electron chi connectivity index (χ4n) is 5.62. The molecule has 1 aromatic carbocycles. The molecular formula is C20H31NOSi. The maximum absolute atomic E-state index is 6.28. The number of fused-ring (bicyclic) bond motifs is 1. The van der Waals surface area contributed by atoms with Gasteiger partial charge in [0.1, 0.15) is 5.75 Å². The van der Waals surface area contributed by atoms with Crippen LogP contribution in [0.2, 0.25) is 19.6 Å². The van der Waals surface area contributed by atoms with Crippen LogP contribution in [0.4, 0.5) is 0 Å². The van der Waals surface area contributed by atoms with Crippen LogP contribution in [0, 0.1) is 5.92 Å². The number of likely N-dealkylation sites (N-methyl/N-ethyl adjacent to an activating group) is 1. The summed E-state index contributed by atoms with van der Waals surface area (Å²) in [4.78, 5) is 2.64. The van der Waals surface area contributed by atoms with Crippen LogP contribution >= 0.6 is 0 Å². The highest BCUT2D eigenvalue weighted by molar-refractivity contribution is 6.70. The SMILES string of the molecule is CN1CCC23CCCCC2C1Cc1cc(O[Si](C)(C)C)ccc13. The van der Waals surface area contributed by atoms with Gasteiger partial charge in [-0.25, -0.2) is 0 Å². The summed E-state index contributed by atoms with van der Waals surface area (Å²) in [5.41, 5.74) is 3.73. The fourth-order valence-corrected chi connectivity index (χ4v) is 6.45. The number of benzene rings is 1. The minimum atomic E-state index is -1.53. The van der Waals surface area contributed by atoms with Crippen LogP contribution in [0.5, 0.6) is 5.75 Å². The summed E-state index contributed by atoms with van der Waals surface area (Å²) < 4.78 is 6.28. The van der Waals surface area contributed by atoms with E-state index in [0.29, 0.717) is 5.41 Å². The molecule has 2 fully saturated rings. The molecule has 4 rings (SSSR count). The molecule has 1 heterocycles. The van der Waals surface area contributed by atoms with Crippen molar-refractivity contribution in [2.24, 2.45) is 5.92 Å². The molecule has 3 atom stereocenters.